The summed E-state index contributed by atoms with van der Waals surface area (Å²) >= 11 is 0. The van der Waals surface area contributed by atoms with Crippen LogP contribution in [0.15, 0.2) is 64.3 Å². The van der Waals surface area contributed by atoms with E-state index in [1.54, 1.807) is 14.2 Å². The van der Waals surface area contributed by atoms with Gasteiger partial charge in [0.25, 0.3) is 0 Å². The second kappa shape index (κ2) is 7.61. The summed E-state index contributed by atoms with van der Waals surface area (Å²) in [7, 11) is 3.30. The predicted molar refractivity (Wildman–Crippen MR) is 117 cm³/mol. The van der Waals surface area contributed by atoms with Gasteiger partial charge < -0.3 is 19.3 Å². The first kappa shape index (κ1) is 19.4. The van der Waals surface area contributed by atoms with Gasteiger partial charge in [0.1, 0.15) is 11.5 Å². The summed E-state index contributed by atoms with van der Waals surface area (Å²) in [6, 6.07) is 15.8. The van der Waals surface area contributed by atoms with Crippen molar-refractivity contribution in [1.29, 1.82) is 0 Å². The molecule has 0 bridgehead atoms. The molecule has 0 unspecified atom stereocenters. The number of rotatable bonds is 4. The molecular formula is C25H24N2O4. The highest BCUT2D eigenvalue weighted by Crippen LogP contribution is 2.49. The molecule has 158 valence electrons. The van der Waals surface area contributed by atoms with Gasteiger partial charge in [0.05, 0.1) is 25.5 Å². The molecule has 2 aromatic carbocycles. The van der Waals surface area contributed by atoms with Crippen molar-refractivity contribution >= 4 is 11.7 Å². The maximum atomic E-state index is 13.5. The van der Waals surface area contributed by atoms with E-state index in [1.165, 1.54) is 0 Å². The Hall–Kier alpha value is -3.54. The Morgan fingerprint density at radius 2 is 1.55 bits per heavy atom. The van der Waals surface area contributed by atoms with Crippen LogP contribution in [0, 0.1) is 6.92 Å². The Kier molecular flexibility index (Phi) is 4.77. The molecule has 1 aliphatic carbocycles. The molecule has 0 saturated carbocycles. The smallest absolute Gasteiger partial charge is 0.233 e. The van der Waals surface area contributed by atoms with Crippen LogP contribution in [-0.4, -0.2) is 25.2 Å². The second-order valence-electron chi connectivity index (χ2n) is 8.04. The number of allylic oxidation sites excluding steroid dienone is 2. The number of anilines is 1. The Balaban J connectivity index is 1.56. The largest absolute Gasteiger partial charge is 0.497 e. The number of ketones is 1. The van der Waals surface area contributed by atoms with Gasteiger partial charge in [0.2, 0.25) is 5.88 Å². The fourth-order valence-corrected chi connectivity index (χ4v) is 4.71. The van der Waals surface area contributed by atoms with Crippen molar-refractivity contribution in [2.24, 2.45) is 0 Å². The molecule has 6 heteroatoms. The second-order valence-corrected chi connectivity index (χ2v) is 8.04. The number of carbonyl (C=O) groups excluding carboxylic acids is 1. The van der Waals surface area contributed by atoms with Gasteiger partial charge >= 0.3 is 0 Å². The standard InChI is InChI=1S/C25H24N2O4/c1-14-22-23(16-6-10-19(30-3)11-7-16)24-20(26-25(22)31-27-14)12-17(13-21(24)28)15-4-8-18(29-2)9-5-15/h4-11,17,23,26H,12-13H2,1-3H3/t17-,23+/m1/s1. The first-order valence-corrected chi connectivity index (χ1v) is 10.4. The zero-order valence-corrected chi connectivity index (χ0v) is 17.8. The van der Waals surface area contributed by atoms with Crippen LogP contribution in [0.25, 0.3) is 0 Å². The van der Waals surface area contributed by atoms with Gasteiger partial charge in [-0.25, -0.2) is 0 Å². The quantitative estimate of drug-likeness (QED) is 0.648. The molecule has 1 N–H and O–H groups in total. The van der Waals surface area contributed by atoms with E-state index in [2.05, 4.69) is 10.5 Å². The minimum Gasteiger partial charge on any atom is -0.497 e. The maximum absolute atomic E-state index is 13.5. The van der Waals surface area contributed by atoms with E-state index in [1.807, 2.05) is 55.5 Å². The molecule has 31 heavy (non-hydrogen) atoms. The van der Waals surface area contributed by atoms with E-state index in [0.29, 0.717) is 12.3 Å². The number of ether oxygens (including phenoxy) is 2. The molecule has 1 aliphatic heterocycles. The number of carbonyl (C=O) groups is 1. The van der Waals surface area contributed by atoms with Crippen LogP contribution in [0.2, 0.25) is 0 Å². The molecule has 0 radical (unpaired) electrons. The average Bonchev–Trinajstić information content (AvgIpc) is 3.18. The summed E-state index contributed by atoms with van der Waals surface area (Å²) in [5, 5.41) is 7.55. The lowest BCUT2D eigenvalue weighted by Gasteiger charge is -2.34. The molecule has 3 aromatic rings. The lowest BCUT2D eigenvalue weighted by molar-refractivity contribution is -0.116. The minimum atomic E-state index is -0.201. The molecule has 0 saturated heterocycles. The molecule has 2 atom stereocenters. The minimum absolute atomic E-state index is 0.103. The first-order valence-electron chi connectivity index (χ1n) is 10.4. The lowest BCUT2D eigenvalue weighted by Crippen LogP contribution is -2.29. The highest BCUT2D eigenvalue weighted by molar-refractivity contribution is 6.01. The van der Waals surface area contributed by atoms with Gasteiger partial charge in [-0.3, -0.25) is 4.79 Å². The Morgan fingerprint density at radius 3 is 2.16 bits per heavy atom. The molecule has 0 amide bonds. The number of methoxy groups -OCH3 is 2. The third kappa shape index (κ3) is 3.28. The zero-order chi connectivity index (χ0) is 21.5. The fraction of sp³-hybridized carbons (Fsp3) is 0.280. The van der Waals surface area contributed by atoms with Crippen molar-refractivity contribution in [2.75, 3.05) is 19.5 Å². The molecule has 2 heterocycles. The van der Waals surface area contributed by atoms with E-state index in [-0.39, 0.29) is 17.6 Å². The van der Waals surface area contributed by atoms with Crippen molar-refractivity contribution < 1.29 is 18.8 Å². The number of benzene rings is 2. The summed E-state index contributed by atoms with van der Waals surface area (Å²) in [6.07, 6.45) is 1.21. The predicted octanol–water partition coefficient (Wildman–Crippen LogP) is 4.96. The SMILES string of the molecule is COc1ccc([C@H]2CC(=O)C3=C(C2)Nc2onc(C)c2[C@@H]3c2ccc(OC)cc2)cc1. The van der Waals surface area contributed by atoms with Gasteiger partial charge in [0.15, 0.2) is 5.78 Å². The van der Waals surface area contributed by atoms with Gasteiger partial charge in [-0.05, 0) is 54.7 Å². The van der Waals surface area contributed by atoms with Gasteiger partial charge in [0, 0.05) is 23.6 Å². The van der Waals surface area contributed by atoms with Crippen molar-refractivity contribution in [3.8, 4) is 11.5 Å². The lowest BCUT2D eigenvalue weighted by atomic mass is 9.72. The molecule has 2 aliphatic rings. The van der Waals surface area contributed by atoms with E-state index in [9.17, 15) is 4.79 Å². The number of nitrogens with one attached hydrogen (secondary N) is 1. The van der Waals surface area contributed by atoms with E-state index in [4.69, 9.17) is 14.0 Å². The number of nitrogens with zero attached hydrogens (tertiary/aromatic N) is 1. The third-order valence-corrected chi connectivity index (χ3v) is 6.29. The highest BCUT2D eigenvalue weighted by Gasteiger charge is 2.41. The van der Waals surface area contributed by atoms with Crippen molar-refractivity contribution in [3.63, 3.8) is 0 Å². The fourth-order valence-electron chi connectivity index (χ4n) is 4.71. The van der Waals surface area contributed by atoms with Crippen LogP contribution < -0.4 is 14.8 Å². The Morgan fingerprint density at radius 1 is 0.935 bits per heavy atom. The summed E-state index contributed by atoms with van der Waals surface area (Å²) in [4.78, 5) is 13.5. The number of aromatic nitrogens is 1. The summed E-state index contributed by atoms with van der Waals surface area (Å²) < 4.78 is 16.2. The Bertz CT molecular complexity index is 1160. The van der Waals surface area contributed by atoms with Crippen LogP contribution in [-0.2, 0) is 4.79 Å². The van der Waals surface area contributed by atoms with E-state index < -0.39 is 0 Å². The number of hydrogen-bond donors (Lipinski definition) is 1. The molecule has 1 aromatic heterocycles. The van der Waals surface area contributed by atoms with Crippen molar-refractivity contribution in [3.05, 3.63) is 82.2 Å². The van der Waals surface area contributed by atoms with Crippen LogP contribution in [0.3, 0.4) is 0 Å². The molecule has 0 spiro atoms. The molecule has 6 nitrogen and oxygen atoms in total. The van der Waals surface area contributed by atoms with Crippen LogP contribution in [0.4, 0.5) is 5.88 Å². The summed E-state index contributed by atoms with van der Waals surface area (Å²) in [5.41, 5.74) is 5.61. The van der Waals surface area contributed by atoms with Gasteiger partial charge in [-0.1, -0.05) is 29.4 Å². The maximum Gasteiger partial charge on any atom is 0.233 e. The van der Waals surface area contributed by atoms with Crippen LogP contribution in [0.1, 0.15) is 47.1 Å². The van der Waals surface area contributed by atoms with Crippen LogP contribution >= 0.6 is 0 Å². The molecular weight excluding hydrogens is 392 g/mol. The van der Waals surface area contributed by atoms with Crippen molar-refractivity contribution in [2.45, 2.75) is 31.6 Å². The van der Waals surface area contributed by atoms with Gasteiger partial charge in [-0.2, -0.15) is 0 Å². The number of hydrogen-bond acceptors (Lipinski definition) is 6. The monoisotopic (exact) mass is 416 g/mol. The highest BCUT2D eigenvalue weighted by atomic mass is 16.5. The van der Waals surface area contributed by atoms with E-state index in [0.717, 1.165) is 51.6 Å². The number of fused-ring (bicyclic) bond motifs is 1. The van der Waals surface area contributed by atoms with Crippen LogP contribution in [0.5, 0.6) is 11.5 Å². The van der Waals surface area contributed by atoms with E-state index >= 15 is 0 Å². The van der Waals surface area contributed by atoms with Crippen molar-refractivity contribution in [1.82, 2.24) is 5.16 Å². The number of aryl methyl sites for hydroxylation is 1. The topological polar surface area (TPSA) is 73.6 Å². The normalized spacial score (nSPS) is 20.0. The first-order chi connectivity index (χ1) is 15.1. The van der Waals surface area contributed by atoms with Gasteiger partial charge in [-0.15, -0.1) is 0 Å². The Labute approximate surface area is 180 Å². The third-order valence-electron chi connectivity index (χ3n) is 6.29. The number of Topliss-reactive ketones (excluding diaryl/α,β-unsaturated/α-hetero) is 1. The summed E-state index contributed by atoms with van der Waals surface area (Å²) in [5.74, 6) is 2.27. The average molecular weight is 416 g/mol. The zero-order valence-electron chi connectivity index (χ0n) is 17.8. The summed E-state index contributed by atoms with van der Waals surface area (Å²) in [6.45, 7) is 1.92. The molecule has 0 fully saturated rings. The molecule has 5 rings (SSSR count).